The minimum atomic E-state index is -0.0736. The Labute approximate surface area is 158 Å². The van der Waals surface area contributed by atoms with E-state index in [1.165, 1.54) is 0 Å². The number of carbonyl (C=O) groups excluding carboxylic acids is 2. The lowest BCUT2D eigenvalue weighted by Gasteiger charge is -2.31. The molecule has 138 valence electrons. The first-order chi connectivity index (χ1) is 12.7. The van der Waals surface area contributed by atoms with Crippen molar-refractivity contribution >= 4 is 28.8 Å². The van der Waals surface area contributed by atoms with Gasteiger partial charge in [-0.3, -0.25) is 9.59 Å². The van der Waals surface area contributed by atoms with Gasteiger partial charge in [0.25, 0.3) is 0 Å². The van der Waals surface area contributed by atoms with Gasteiger partial charge in [0.1, 0.15) is 5.75 Å². The fourth-order valence-electron chi connectivity index (χ4n) is 3.15. The van der Waals surface area contributed by atoms with Crippen LogP contribution < -0.4 is 10.1 Å². The predicted octanol–water partition coefficient (Wildman–Crippen LogP) is 3.57. The van der Waals surface area contributed by atoms with Gasteiger partial charge in [0, 0.05) is 23.9 Å². The van der Waals surface area contributed by atoms with E-state index in [9.17, 15) is 9.59 Å². The van der Waals surface area contributed by atoms with Crippen LogP contribution in [0, 0.1) is 5.92 Å². The van der Waals surface area contributed by atoms with Crippen LogP contribution in [0.15, 0.2) is 41.8 Å². The average Bonchev–Trinajstić information content (AvgIpc) is 3.16. The summed E-state index contributed by atoms with van der Waals surface area (Å²) in [7, 11) is 0. The zero-order valence-corrected chi connectivity index (χ0v) is 15.8. The van der Waals surface area contributed by atoms with Crippen molar-refractivity contribution in [3.8, 4) is 5.75 Å². The summed E-state index contributed by atoms with van der Waals surface area (Å²) in [5, 5.41) is 4.97. The first-order valence-corrected chi connectivity index (χ1v) is 9.88. The van der Waals surface area contributed by atoms with E-state index in [1.54, 1.807) is 11.3 Å². The lowest BCUT2D eigenvalue weighted by atomic mass is 9.95. The van der Waals surface area contributed by atoms with Crippen molar-refractivity contribution in [2.75, 3.05) is 25.0 Å². The molecule has 1 fully saturated rings. The predicted molar refractivity (Wildman–Crippen MR) is 104 cm³/mol. The molecule has 1 aliphatic heterocycles. The van der Waals surface area contributed by atoms with Gasteiger partial charge in [0.2, 0.25) is 11.8 Å². The number of thiophene rings is 1. The van der Waals surface area contributed by atoms with E-state index >= 15 is 0 Å². The number of hydrogen-bond donors (Lipinski definition) is 1. The number of nitrogens with zero attached hydrogens (tertiary/aromatic N) is 1. The molecule has 0 atom stereocenters. The Morgan fingerprint density at radius 2 is 1.96 bits per heavy atom. The number of hydrogen-bond acceptors (Lipinski definition) is 4. The molecule has 1 N–H and O–H groups in total. The molecule has 1 aromatic heterocycles. The third kappa shape index (κ3) is 4.64. The standard InChI is InChI=1S/C20H24N2O3S/c1-2-25-18-8-4-3-7-17(18)21-20(24)15-9-11-22(12-10-15)19(23)14-16-6-5-13-26-16/h3-8,13,15H,2,9-12,14H2,1H3,(H,21,24). The number of anilines is 1. The molecule has 1 aliphatic rings. The highest BCUT2D eigenvalue weighted by Gasteiger charge is 2.27. The van der Waals surface area contributed by atoms with Crippen LogP contribution in [0.5, 0.6) is 5.75 Å². The van der Waals surface area contributed by atoms with E-state index < -0.39 is 0 Å². The first-order valence-electron chi connectivity index (χ1n) is 9.00. The van der Waals surface area contributed by atoms with Crippen LogP contribution in [0.25, 0.3) is 0 Å². The molecule has 1 aromatic carbocycles. The van der Waals surface area contributed by atoms with Crippen LogP contribution in [0.4, 0.5) is 5.69 Å². The van der Waals surface area contributed by atoms with Crippen LogP contribution in [0.3, 0.4) is 0 Å². The highest BCUT2D eigenvalue weighted by molar-refractivity contribution is 7.10. The van der Waals surface area contributed by atoms with Crippen molar-refractivity contribution in [1.82, 2.24) is 4.90 Å². The number of benzene rings is 1. The maximum Gasteiger partial charge on any atom is 0.227 e. The van der Waals surface area contributed by atoms with E-state index in [0.29, 0.717) is 50.4 Å². The SMILES string of the molecule is CCOc1ccccc1NC(=O)C1CCN(C(=O)Cc2cccs2)CC1. The molecule has 0 saturated carbocycles. The summed E-state index contributed by atoms with van der Waals surface area (Å²) in [5.41, 5.74) is 0.704. The Balaban J connectivity index is 1.51. The Hall–Kier alpha value is -2.34. The number of piperidine rings is 1. The van der Waals surface area contributed by atoms with Gasteiger partial charge < -0.3 is 15.0 Å². The molecule has 5 nitrogen and oxygen atoms in total. The van der Waals surface area contributed by atoms with Crippen LogP contribution in [0.1, 0.15) is 24.6 Å². The van der Waals surface area contributed by atoms with Gasteiger partial charge in [0.15, 0.2) is 0 Å². The highest BCUT2D eigenvalue weighted by atomic mass is 32.1. The topological polar surface area (TPSA) is 58.6 Å². The summed E-state index contributed by atoms with van der Waals surface area (Å²) in [4.78, 5) is 27.9. The molecule has 0 bridgehead atoms. The maximum absolute atomic E-state index is 12.6. The molecule has 2 amide bonds. The zero-order chi connectivity index (χ0) is 18.4. The Morgan fingerprint density at radius 3 is 2.65 bits per heavy atom. The van der Waals surface area contributed by atoms with Crippen LogP contribution >= 0.6 is 11.3 Å². The van der Waals surface area contributed by atoms with Gasteiger partial charge in [-0.1, -0.05) is 18.2 Å². The lowest BCUT2D eigenvalue weighted by Crippen LogP contribution is -2.42. The largest absolute Gasteiger partial charge is 0.492 e. The fraction of sp³-hybridized carbons (Fsp3) is 0.400. The highest BCUT2D eigenvalue weighted by Crippen LogP contribution is 2.26. The monoisotopic (exact) mass is 372 g/mol. The second kappa shape index (κ2) is 8.85. The lowest BCUT2D eigenvalue weighted by molar-refractivity contribution is -0.133. The van der Waals surface area contributed by atoms with Gasteiger partial charge >= 0.3 is 0 Å². The van der Waals surface area contributed by atoms with Crippen LogP contribution in [-0.2, 0) is 16.0 Å². The third-order valence-electron chi connectivity index (χ3n) is 4.57. The Kier molecular flexibility index (Phi) is 6.28. The first kappa shape index (κ1) is 18.5. The van der Waals surface area contributed by atoms with E-state index in [0.717, 1.165) is 4.88 Å². The Bertz CT molecular complexity index is 737. The third-order valence-corrected chi connectivity index (χ3v) is 5.45. The number of ether oxygens (including phenoxy) is 1. The van der Waals surface area contributed by atoms with E-state index in [-0.39, 0.29) is 17.7 Å². The summed E-state index contributed by atoms with van der Waals surface area (Å²) in [5.74, 6) is 0.762. The van der Waals surface area contributed by atoms with E-state index in [2.05, 4.69) is 5.32 Å². The maximum atomic E-state index is 12.6. The van der Waals surface area contributed by atoms with Crippen LogP contribution in [-0.4, -0.2) is 36.4 Å². The molecule has 0 spiro atoms. The summed E-state index contributed by atoms with van der Waals surface area (Å²) in [6, 6.07) is 11.4. The average molecular weight is 372 g/mol. The Morgan fingerprint density at radius 1 is 1.19 bits per heavy atom. The smallest absolute Gasteiger partial charge is 0.227 e. The summed E-state index contributed by atoms with van der Waals surface area (Å²) < 4.78 is 5.56. The molecule has 6 heteroatoms. The van der Waals surface area contributed by atoms with Gasteiger partial charge in [0.05, 0.1) is 18.7 Å². The number of likely N-dealkylation sites (tertiary alicyclic amines) is 1. The second-order valence-corrected chi connectivity index (χ2v) is 7.36. The summed E-state index contributed by atoms with van der Waals surface area (Å²) >= 11 is 1.60. The number of nitrogens with one attached hydrogen (secondary N) is 1. The second-order valence-electron chi connectivity index (χ2n) is 6.33. The van der Waals surface area contributed by atoms with Crippen molar-refractivity contribution in [3.05, 3.63) is 46.7 Å². The fourth-order valence-corrected chi connectivity index (χ4v) is 3.85. The quantitative estimate of drug-likeness (QED) is 0.843. The molecule has 0 unspecified atom stereocenters. The number of rotatable bonds is 6. The normalized spacial score (nSPS) is 14.9. The molecule has 0 radical (unpaired) electrons. The molecule has 2 heterocycles. The molecule has 26 heavy (non-hydrogen) atoms. The van der Waals surface area contributed by atoms with Gasteiger partial charge in [-0.25, -0.2) is 0 Å². The van der Waals surface area contributed by atoms with E-state index in [1.807, 2.05) is 53.6 Å². The van der Waals surface area contributed by atoms with Crippen molar-refractivity contribution in [2.45, 2.75) is 26.2 Å². The minimum Gasteiger partial charge on any atom is -0.492 e. The molecule has 1 saturated heterocycles. The van der Waals surface area contributed by atoms with Crippen molar-refractivity contribution in [2.24, 2.45) is 5.92 Å². The zero-order valence-electron chi connectivity index (χ0n) is 14.9. The minimum absolute atomic E-state index is 0.00232. The molecule has 2 aromatic rings. The number of para-hydroxylation sites is 2. The van der Waals surface area contributed by atoms with Crippen molar-refractivity contribution < 1.29 is 14.3 Å². The van der Waals surface area contributed by atoms with Crippen molar-refractivity contribution in [1.29, 1.82) is 0 Å². The van der Waals surface area contributed by atoms with Gasteiger partial charge in [-0.05, 0) is 43.3 Å². The summed E-state index contributed by atoms with van der Waals surface area (Å²) in [6.07, 6.45) is 1.84. The van der Waals surface area contributed by atoms with Gasteiger partial charge in [-0.2, -0.15) is 0 Å². The van der Waals surface area contributed by atoms with E-state index in [4.69, 9.17) is 4.74 Å². The molecular formula is C20H24N2O3S. The van der Waals surface area contributed by atoms with Crippen molar-refractivity contribution in [3.63, 3.8) is 0 Å². The number of amides is 2. The number of carbonyl (C=O) groups is 2. The molecule has 3 rings (SSSR count). The molecule has 0 aliphatic carbocycles. The van der Waals surface area contributed by atoms with Crippen LogP contribution in [0.2, 0.25) is 0 Å². The summed E-state index contributed by atoms with van der Waals surface area (Å²) in [6.45, 7) is 3.74. The van der Waals surface area contributed by atoms with Gasteiger partial charge in [-0.15, -0.1) is 11.3 Å². The molecular weight excluding hydrogens is 348 g/mol.